The van der Waals surface area contributed by atoms with Crippen LogP contribution in [0.3, 0.4) is 0 Å². The van der Waals surface area contributed by atoms with Gasteiger partial charge in [-0.15, -0.1) is 0 Å². The van der Waals surface area contributed by atoms with Gasteiger partial charge in [0.1, 0.15) is 5.75 Å². The summed E-state index contributed by atoms with van der Waals surface area (Å²) in [4.78, 5) is 10.2. The summed E-state index contributed by atoms with van der Waals surface area (Å²) in [5.41, 5.74) is 0.831. The molecule has 0 aliphatic heterocycles. The smallest absolute Gasteiger partial charge is 0.270 e. The van der Waals surface area contributed by atoms with Gasteiger partial charge in [0.25, 0.3) is 5.69 Å². The van der Waals surface area contributed by atoms with Crippen molar-refractivity contribution >= 4 is 15.7 Å². The topological polar surface area (TPSA) is 98.5 Å². The normalized spacial score (nSPS) is 12.6. The maximum atomic E-state index is 12.6. The minimum atomic E-state index is -3.93. The second-order valence-electron chi connectivity index (χ2n) is 5.29. The second-order valence-corrected chi connectivity index (χ2v) is 6.97. The van der Waals surface area contributed by atoms with Gasteiger partial charge in [0.05, 0.1) is 16.9 Å². The SMILES string of the molecule is COc1ccccc1[C@@H](C)NS(=O)(=O)c1cc([N+](=O)[O-])ccc1C. The molecule has 0 saturated heterocycles. The molecule has 0 saturated carbocycles. The molecule has 0 bridgehead atoms. The Labute approximate surface area is 140 Å². The molecule has 0 radical (unpaired) electrons. The van der Waals surface area contributed by atoms with E-state index in [1.165, 1.54) is 19.2 Å². The number of hydrogen-bond donors (Lipinski definition) is 1. The lowest BCUT2D eigenvalue weighted by Gasteiger charge is -2.18. The molecule has 0 unspecified atom stereocenters. The lowest BCUT2D eigenvalue weighted by molar-refractivity contribution is -0.385. The van der Waals surface area contributed by atoms with Crippen LogP contribution in [0.25, 0.3) is 0 Å². The van der Waals surface area contributed by atoms with Gasteiger partial charge >= 0.3 is 0 Å². The maximum absolute atomic E-state index is 12.6. The molecule has 2 aromatic carbocycles. The van der Waals surface area contributed by atoms with Crippen molar-refractivity contribution < 1.29 is 18.1 Å². The number of rotatable bonds is 6. The van der Waals surface area contributed by atoms with Crippen molar-refractivity contribution in [2.75, 3.05) is 7.11 Å². The molecule has 128 valence electrons. The number of non-ortho nitro benzene ring substituents is 1. The van der Waals surface area contributed by atoms with Crippen molar-refractivity contribution in [1.29, 1.82) is 0 Å². The van der Waals surface area contributed by atoms with Gasteiger partial charge in [0.15, 0.2) is 0 Å². The Kier molecular flexibility index (Phi) is 5.20. The van der Waals surface area contributed by atoms with Gasteiger partial charge in [-0.1, -0.05) is 24.3 Å². The first-order valence-electron chi connectivity index (χ1n) is 7.16. The molecule has 2 rings (SSSR count). The predicted octanol–water partition coefficient (Wildman–Crippen LogP) is 2.95. The number of nitrogens with one attached hydrogen (secondary N) is 1. The Morgan fingerprint density at radius 1 is 1.21 bits per heavy atom. The van der Waals surface area contributed by atoms with Crippen LogP contribution in [0, 0.1) is 17.0 Å². The van der Waals surface area contributed by atoms with E-state index in [1.807, 2.05) is 0 Å². The molecule has 0 fully saturated rings. The van der Waals surface area contributed by atoms with Crippen LogP contribution in [0.2, 0.25) is 0 Å². The Balaban J connectivity index is 2.38. The molecular formula is C16H18N2O5S. The molecule has 0 aliphatic rings. The summed E-state index contributed by atoms with van der Waals surface area (Å²) >= 11 is 0. The Morgan fingerprint density at radius 3 is 2.50 bits per heavy atom. The molecule has 1 N–H and O–H groups in total. The average molecular weight is 350 g/mol. The minimum absolute atomic E-state index is 0.113. The summed E-state index contributed by atoms with van der Waals surface area (Å²) in [6, 6.07) is 10.2. The van der Waals surface area contributed by atoms with Crippen molar-refractivity contribution in [2.45, 2.75) is 24.8 Å². The quantitative estimate of drug-likeness (QED) is 0.638. The molecule has 8 heteroatoms. The minimum Gasteiger partial charge on any atom is -0.496 e. The maximum Gasteiger partial charge on any atom is 0.270 e. The van der Waals surface area contributed by atoms with Gasteiger partial charge in [0, 0.05) is 23.7 Å². The van der Waals surface area contributed by atoms with Crippen molar-refractivity contribution in [3.05, 3.63) is 63.7 Å². The second kappa shape index (κ2) is 6.98. The summed E-state index contributed by atoms with van der Waals surface area (Å²) in [6.07, 6.45) is 0. The van der Waals surface area contributed by atoms with Crippen LogP contribution in [-0.2, 0) is 10.0 Å². The fraction of sp³-hybridized carbons (Fsp3) is 0.250. The number of nitrogens with zero attached hydrogens (tertiary/aromatic N) is 1. The molecule has 0 aliphatic carbocycles. The van der Waals surface area contributed by atoms with Crippen LogP contribution in [-0.4, -0.2) is 20.5 Å². The first-order valence-corrected chi connectivity index (χ1v) is 8.65. The number of hydrogen-bond acceptors (Lipinski definition) is 5. The molecule has 24 heavy (non-hydrogen) atoms. The first-order chi connectivity index (χ1) is 11.3. The Bertz CT molecular complexity index is 865. The van der Waals surface area contributed by atoms with Gasteiger partial charge in [-0.05, 0) is 25.5 Å². The van der Waals surface area contributed by atoms with E-state index in [0.717, 1.165) is 6.07 Å². The standard InChI is InChI=1S/C16H18N2O5S/c1-11-8-9-13(18(19)20)10-16(11)24(21,22)17-12(2)14-6-4-5-7-15(14)23-3/h4-10,12,17H,1-3H3/t12-/m1/s1. The van der Waals surface area contributed by atoms with Crippen molar-refractivity contribution in [3.8, 4) is 5.75 Å². The van der Waals surface area contributed by atoms with Gasteiger partial charge in [0.2, 0.25) is 10.0 Å². The van der Waals surface area contributed by atoms with Crippen molar-refractivity contribution in [1.82, 2.24) is 4.72 Å². The predicted molar refractivity (Wildman–Crippen MR) is 89.6 cm³/mol. The monoisotopic (exact) mass is 350 g/mol. The highest BCUT2D eigenvalue weighted by Gasteiger charge is 2.24. The van der Waals surface area contributed by atoms with Crippen LogP contribution >= 0.6 is 0 Å². The van der Waals surface area contributed by atoms with Crippen LogP contribution in [0.15, 0.2) is 47.4 Å². The lowest BCUT2D eigenvalue weighted by Crippen LogP contribution is -2.27. The zero-order valence-electron chi connectivity index (χ0n) is 13.5. The summed E-state index contributed by atoms with van der Waals surface area (Å²) < 4.78 is 33.1. The van der Waals surface area contributed by atoms with E-state index in [1.54, 1.807) is 38.1 Å². The summed E-state index contributed by atoms with van der Waals surface area (Å²) in [5.74, 6) is 0.559. The molecule has 0 heterocycles. The number of nitro groups is 1. The molecule has 0 aromatic heterocycles. The van der Waals surface area contributed by atoms with Crippen LogP contribution < -0.4 is 9.46 Å². The number of aryl methyl sites for hydroxylation is 1. The molecule has 0 spiro atoms. The van der Waals surface area contributed by atoms with Crippen LogP contribution in [0.4, 0.5) is 5.69 Å². The zero-order valence-corrected chi connectivity index (χ0v) is 14.3. The summed E-state index contributed by atoms with van der Waals surface area (Å²) in [7, 11) is -2.42. The van der Waals surface area contributed by atoms with E-state index in [9.17, 15) is 18.5 Å². The highest BCUT2D eigenvalue weighted by molar-refractivity contribution is 7.89. The number of methoxy groups -OCH3 is 1. The van der Waals surface area contributed by atoms with E-state index in [0.29, 0.717) is 16.9 Å². The highest BCUT2D eigenvalue weighted by Crippen LogP contribution is 2.27. The molecule has 1 atom stereocenters. The fourth-order valence-electron chi connectivity index (χ4n) is 2.38. The van der Waals surface area contributed by atoms with Crippen LogP contribution in [0.1, 0.15) is 24.1 Å². The first kappa shape index (κ1) is 17.9. The third kappa shape index (κ3) is 3.72. The number of benzene rings is 2. The zero-order chi connectivity index (χ0) is 17.9. The van der Waals surface area contributed by atoms with Gasteiger partial charge in [-0.3, -0.25) is 10.1 Å². The average Bonchev–Trinajstić information content (AvgIpc) is 2.54. The van der Waals surface area contributed by atoms with Crippen LogP contribution in [0.5, 0.6) is 5.75 Å². The van der Waals surface area contributed by atoms with E-state index >= 15 is 0 Å². The molecule has 2 aromatic rings. The third-order valence-electron chi connectivity index (χ3n) is 3.61. The number of para-hydroxylation sites is 1. The van der Waals surface area contributed by atoms with E-state index < -0.39 is 21.0 Å². The van der Waals surface area contributed by atoms with Crippen molar-refractivity contribution in [2.24, 2.45) is 0 Å². The Hall–Kier alpha value is -2.45. The number of ether oxygens (including phenoxy) is 1. The summed E-state index contributed by atoms with van der Waals surface area (Å²) in [5, 5.41) is 10.9. The molecule has 7 nitrogen and oxygen atoms in total. The van der Waals surface area contributed by atoms with E-state index in [-0.39, 0.29) is 10.6 Å². The Morgan fingerprint density at radius 2 is 1.88 bits per heavy atom. The van der Waals surface area contributed by atoms with Gasteiger partial charge in [-0.25, -0.2) is 13.1 Å². The lowest BCUT2D eigenvalue weighted by atomic mass is 10.1. The third-order valence-corrected chi connectivity index (χ3v) is 5.29. The summed E-state index contributed by atoms with van der Waals surface area (Å²) in [6.45, 7) is 3.27. The van der Waals surface area contributed by atoms with Crippen molar-refractivity contribution in [3.63, 3.8) is 0 Å². The molecule has 0 amide bonds. The number of sulfonamides is 1. The van der Waals surface area contributed by atoms with Gasteiger partial charge in [-0.2, -0.15) is 0 Å². The van der Waals surface area contributed by atoms with E-state index in [2.05, 4.69) is 4.72 Å². The van der Waals surface area contributed by atoms with E-state index in [4.69, 9.17) is 4.74 Å². The fourth-order valence-corrected chi connectivity index (χ4v) is 3.86. The largest absolute Gasteiger partial charge is 0.496 e. The van der Waals surface area contributed by atoms with Gasteiger partial charge < -0.3 is 4.74 Å². The number of nitro benzene ring substituents is 1. The molecular weight excluding hydrogens is 332 g/mol. The highest BCUT2D eigenvalue weighted by atomic mass is 32.2.